The van der Waals surface area contributed by atoms with Crippen molar-refractivity contribution in [2.45, 2.75) is 57.7 Å². The van der Waals surface area contributed by atoms with E-state index in [4.69, 9.17) is 0 Å². The molecule has 3 unspecified atom stereocenters. The lowest BCUT2D eigenvalue weighted by molar-refractivity contribution is 0.155. The van der Waals surface area contributed by atoms with Gasteiger partial charge in [-0.3, -0.25) is 0 Å². The smallest absolute Gasteiger partial charge is 0.0345 e. The Balaban J connectivity index is 1.65. The number of benzene rings is 1. The van der Waals surface area contributed by atoms with Crippen LogP contribution >= 0.6 is 0 Å². The van der Waals surface area contributed by atoms with E-state index in [9.17, 15) is 0 Å². The first-order valence-corrected chi connectivity index (χ1v) is 8.29. The fourth-order valence-electron chi connectivity index (χ4n) is 3.96. The molecule has 2 aliphatic rings. The van der Waals surface area contributed by atoms with Gasteiger partial charge in [-0.15, -0.1) is 0 Å². The van der Waals surface area contributed by atoms with Gasteiger partial charge in [-0.2, -0.15) is 0 Å². The average Bonchev–Trinajstić information content (AvgIpc) is 2.93. The number of nitrogens with zero attached hydrogens (tertiary/aromatic N) is 1. The topological polar surface area (TPSA) is 15.3 Å². The molecule has 20 heavy (non-hydrogen) atoms. The highest BCUT2D eigenvalue weighted by Gasteiger charge is 2.32. The quantitative estimate of drug-likeness (QED) is 0.901. The van der Waals surface area contributed by atoms with E-state index in [1.54, 1.807) is 0 Å². The van der Waals surface area contributed by atoms with Gasteiger partial charge in [-0.05, 0) is 50.3 Å². The molecule has 0 amide bonds. The van der Waals surface area contributed by atoms with Crippen molar-refractivity contribution in [2.24, 2.45) is 5.92 Å². The zero-order chi connectivity index (χ0) is 13.9. The maximum absolute atomic E-state index is 3.96. The Morgan fingerprint density at radius 3 is 2.65 bits per heavy atom. The van der Waals surface area contributed by atoms with Crippen molar-refractivity contribution in [1.82, 2.24) is 10.2 Å². The van der Waals surface area contributed by atoms with Crippen molar-refractivity contribution in [3.8, 4) is 0 Å². The maximum atomic E-state index is 3.96. The number of rotatable bonds is 4. The molecule has 2 saturated heterocycles. The highest BCUT2D eigenvalue weighted by molar-refractivity contribution is 5.19. The summed E-state index contributed by atoms with van der Waals surface area (Å²) in [4.78, 5) is 2.70. The first kappa shape index (κ1) is 14.1. The van der Waals surface area contributed by atoms with Gasteiger partial charge >= 0.3 is 0 Å². The number of piperidine rings is 1. The van der Waals surface area contributed by atoms with Gasteiger partial charge in [0.25, 0.3) is 0 Å². The van der Waals surface area contributed by atoms with Gasteiger partial charge in [-0.25, -0.2) is 0 Å². The molecular weight excluding hydrogens is 244 g/mol. The van der Waals surface area contributed by atoms with Crippen LogP contribution in [-0.4, -0.2) is 30.1 Å². The van der Waals surface area contributed by atoms with Crippen LogP contribution in [0.2, 0.25) is 0 Å². The molecule has 1 N–H and O–H groups in total. The number of hydrogen-bond acceptors (Lipinski definition) is 2. The Hall–Kier alpha value is -0.860. The van der Waals surface area contributed by atoms with Crippen LogP contribution in [0.15, 0.2) is 30.3 Å². The summed E-state index contributed by atoms with van der Waals surface area (Å²) >= 11 is 0. The molecule has 0 radical (unpaired) electrons. The average molecular weight is 272 g/mol. The van der Waals surface area contributed by atoms with Crippen molar-refractivity contribution >= 4 is 0 Å². The molecule has 2 nitrogen and oxygen atoms in total. The summed E-state index contributed by atoms with van der Waals surface area (Å²) in [5, 5.41) is 3.96. The fourth-order valence-corrected chi connectivity index (χ4v) is 3.96. The van der Waals surface area contributed by atoms with Crippen LogP contribution in [0.3, 0.4) is 0 Å². The minimum atomic E-state index is 0.495. The van der Waals surface area contributed by atoms with E-state index in [1.807, 2.05) is 0 Å². The van der Waals surface area contributed by atoms with Crippen molar-refractivity contribution < 1.29 is 0 Å². The lowest BCUT2D eigenvalue weighted by atomic mass is 9.91. The molecule has 0 saturated carbocycles. The van der Waals surface area contributed by atoms with Crippen LogP contribution in [-0.2, 0) is 0 Å². The van der Waals surface area contributed by atoms with Crippen LogP contribution < -0.4 is 5.32 Å². The molecule has 0 aromatic heterocycles. The van der Waals surface area contributed by atoms with Crippen LogP contribution in [0.25, 0.3) is 0 Å². The Labute approximate surface area is 123 Å². The number of nitrogens with one attached hydrogen (secondary N) is 1. The van der Waals surface area contributed by atoms with Crippen molar-refractivity contribution in [3.05, 3.63) is 35.9 Å². The Kier molecular flexibility index (Phi) is 4.42. The summed E-state index contributed by atoms with van der Waals surface area (Å²) in [6.45, 7) is 7.29. The molecule has 0 bridgehead atoms. The second kappa shape index (κ2) is 6.28. The first-order valence-electron chi connectivity index (χ1n) is 8.29. The normalized spacial score (nSPS) is 28.6. The van der Waals surface area contributed by atoms with Crippen molar-refractivity contribution in [3.63, 3.8) is 0 Å². The second-order valence-corrected chi connectivity index (χ2v) is 6.85. The zero-order valence-electron chi connectivity index (χ0n) is 12.9. The van der Waals surface area contributed by atoms with Crippen LogP contribution in [0.1, 0.15) is 51.1 Å². The van der Waals surface area contributed by atoms with Crippen LogP contribution in [0, 0.1) is 5.92 Å². The summed E-state index contributed by atoms with van der Waals surface area (Å²) < 4.78 is 0. The Morgan fingerprint density at radius 2 is 1.90 bits per heavy atom. The van der Waals surface area contributed by atoms with Gasteiger partial charge in [0.15, 0.2) is 0 Å². The Bertz CT molecular complexity index is 415. The summed E-state index contributed by atoms with van der Waals surface area (Å²) in [7, 11) is 0. The molecule has 2 heterocycles. The largest absolute Gasteiger partial charge is 0.307 e. The SMILES string of the molecule is CC(C)C(NC1CCN2CCCC2C1)c1ccccc1. The highest BCUT2D eigenvalue weighted by Crippen LogP contribution is 2.29. The third-order valence-corrected chi connectivity index (χ3v) is 5.06. The molecule has 0 spiro atoms. The third kappa shape index (κ3) is 3.07. The maximum Gasteiger partial charge on any atom is 0.0345 e. The van der Waals surface area contributed by atoms with E-state index in [0.717, 1.165) is 6.04 Å². The van der Waals surface area contributed by atoms with Crippen molar-refractivity contribution in [1.29, 1.82) is 0 Å². The van der Waals surface area contributed by atoms with Gasteiger partial charge in [-0.1, -0.05) is 44.2 Å². The summed E-state index contributed by atoms with van der Waals surface area (Å²) in [5.74, 6) is 0.638. The van der Waals surface area contributed by atoms with E-state index in [0.29, 0.717) is 18.0 Å². The van der Waals surface area contributed by atoms with E-state index in [2.05, 4.69) is 54.4 Å². The predicted octanol–water partition coefficient (Wildman–Crippen LogP) is 3.60. The summed E-state index contributed by atoms with van der Waals surface area (Å²) in [6, 6.07) is 13.0. The Morgan fingerprint density at radius 1 is 1.10 bits per heavy atom. The molecule has 3 rings (SSSR count). The fraction of sp³-hybridized carbons (Fsp3) is 0.667. The standard InChI is InChI=1S/C18H28N2/c1-14(2)18(15-7-4-3-5-8-15)19-16-10-12-20-11-6-9-17(20)13-16/h3-5,7-8,14,16-19H,6,9-13H2,1-2H3. The summed E-state index contributed by atoms with van der Waals surface area (Å²) in [6.07, 6.45) is 5.47. The van der Waals surface area contributed by atoms with Gasteiger partial charge in [0.2, 0.25) is 0 Å². The zero-order valence-corrected chi connectivity index (χ0v) is 12.9. The molecule has 1 aromatic rings. The third-order valence-electron chi connectivity index (χ3n) is 5.06. The van der Waals surface area contributed by atoms with Gasteiger partial charge in [0.05, 0.1) is 0 Å². The molecule has 3 atom stereocenters. The van der Waals surface area contributed by atoms with E-state index in [1.165, 1.54) is 44.3 Å². The molecule has 2 heteroatoms. The van der Waals surface area contributed by atoms with Gasteiger partial charge in [0, 0.05) is 18.1 Å². The first-order chi connectivity index (χ1) is 9.74. The second-order valence-electron chi connectivity index (χ2n) is 6.85. The van der Waals surface area contributed by atoms with E-state index < -0.39 is 0 Å². The minimum Gasteiger partial charge on any atom is -0.307 e. The van der Waals surface area contributed by atoms with Gasteiger partial charge < -0.3 is 10.2 Å². The lowest BCUT2D eigenvalue weighted by Crippen LogP contribution is -2.47. The molecule has 0 aliphatic carbocycles. The predicted molar refractivity (Wildman–Crippen MR) is 84.8 cm³/mol. The highest BCUT2D eigenvalue weighted by atomic mass is 15.2. The molecule has 110 valence electrons. The molecule has 1 aromatic carbocycles. The number of fused-ring (bicyclic) bond motifs is 1. The van der Waals surface area contributed by atoms with E-state index >= 15 is 0 Å². The summed E-state index contributed by atoms with van der Waals surface area (Å²) in [5.41, 5.74) is 1.44. The monoisotopic (exact) mass is 272 g/mol. The lowest BCUT2D eigenvalue weighted by Gasteiger charge is -2.38. The molecule has 2 aliphatic heterocycles. The molecule has 2 fully saturated rings. The molecular formula is C18H28N2. The minimum absolute atomic E-state index is 0.495. The van der Waals surface area contributed by atoms with Crippen LogP contribution in [0.5, 0.6) is 0 Å². The van der Waals surface area contributed by atoms with E-state index in [-0.39, 0.29) is 0 Å². The van der Waals surface area contributed by atoms with Crippen LogP contribution in [0.4, 0.5) is 0 Å². The van der Waals surface area contributed by atoms with Gasteiger partial charge in [0.1, 0.15) is 0 Å². The number of hydrogen-bond donors (Lipinski definition) is 1. The van der Waals surface area contributed by atoms with Crippen molar-refractivity contribution in [2.75, 3.05) is 13.1 Å².